The first-order chi connectivity index (χ1) is 9.20. The van der Waals surface area contributed by atoms with Crippen LogP contribution < -0.4 is 5.32 Å². The third kappa shape index (κ3) is 4.38. The SMILES string of the molecule is CNC(CCN1CCSC(C)C1)c1ccccc1Cl. The molecule has 1 N–H and O–H groups in total. The standard InChI is InChI=1S/C15H23ClN2S/c1-12-11-18(9-10-19-12)8-7-15(17-2)13-5-3-4-6-14(13)16/h3-6,12,15,17H,7-11H2,1-2H3. The van der Waals surface area contributed by atoms with Crippen LogP contribution in [0.25, 0.3) is 0 Å². The van der Waals surface area contributed by atoms with Crippen molar-refractivity contribution >= 4 is 23.4 Å². The number of nitrogens with zero attached hydrogens (tertiary/aromatic N) is 1. The van der Waals surface area contributed by atoms with Gasteiger partial charge in [-0.25, -0.2) is 0 Å². The van der Waals surface area contributed by atoms with Gasteiger partial charge < -0.3 is 10.2 Å². The zero-order chi connectivity index (χ0) is 13.7. The summed E-state index contributed by atoms with van der Waals surface area (Å²) >= 11 is 8.37. The summed E-state index contributed by atoms with van der Waals surface area (Å²) in [6, 6.07) is 8.49. The van der Waals surface area contributed by atoms with Crippen molar-refractivity contribution in [3.05, 3.63) is 34.9 Å². The van der Waals surface area contributed by atoms with Crippen LogP contribution in [0, 0.1) is 0 Å². The molecule has 1 saturated heterocycles. The Morgan fingerprint density at radius 2 is 2.26 bits per heavy atom. The zero-order valence-corrected chi connectivity index (χ0v) is 13.3. The molecule has 19 heavy (non-hydrogen) atoms. The van der Waals surface area contributed by atoms with E-state index in [4.69, 9.17) is 11.6 Å². The van der Waals surface area contributed by atoms with Crippen LogP contribution in [-0.4, -0.2) is 42.6 Å². The summed E-state index contributed by atoms with van der Waals surface area (Å²) in [4.78, 5) is 2.57. The Hall–Kier alpha value is -0.220. The highest BCUT2D eigenvalue weighted by molar-refractivity contribution is 7.99. The molecule has 1 fully saturated rings. The molecule has 0 saturated carbocycles. The van der Waals surface area contributed by atoms with Gasteiger partial charge in [-0.3, -0.25) is 0 Å². The normalized spacial score (nSPS) is 22.4. The van der Waals surface area contributed by atoms with Crippen molar-refractivity contribution in [2.45, 2.75) is 24.6 Å². The second kappa shape index (κ2) is 7.53. The van der Waals surface area contributed by atoms with Crippen molar-refractivity contribution in [2.75, 3.05) is 32.4 Å². The molecule has 1 aliphatic rings. The van der Waals surface area contributed by atoms with Crippen LogP contribution in [0.5, 0.6) is 0 Å². The highest BCUT2D eigenvalue weighted by Crippen LogP contribution is 2.26. The summed E-state index contributed by atoms with van der Waals surface area (Å²) in [5, 5.41) is 5.02. The summed E-state index contributed by atoms with van der Waals surface area (Å²) in [7, 11) is 2.02. The molecule has 1 heterocycles. The molecule has 106 valence electrons. The lowest BCUT2D eigenvalue weighted by Crippen LogP contribution is -2.38. The molecule has 4 heteroatoms. The molecule has 0 radical (unpaired) electrons. The smallest absolute Gasteiger partial charge is 0.0453 e. The van der Waals surface area contributed by atoms with E-state index in [-0.39, 0.29) is 0 Å². The maximum absolute atomic E-state index is 6.29. The van der Waals surface area contributed by atoms with Crippen molar-refractivity contribution in [1.29, 1.82) is 0 Å². The summed E-state index contributed by atoms with van der Waals surface area (Å²) in [5.74, 6) is 1.26. The molecule has 0 bridgehead atoms. The second-order valence-corrected chi connectivity index (χ2v) is 7.09. The third-order valence-electron chi connectivity index (χ3n) is 3.69. The molecule has 2 nitrogen and oxygen atoms in total. The van der Waals surface area contributed by atoms with E-state index < -0.39 is 0 Å². The fourth-order valence-electron chi connectivity index (χ4n) is 2.62. The average molecular weight is 299 g/mol. The fourth-order valence-corrected chi connectivity index (χ4v) is 3.97. The van der Waals surface area contributed by atoms with Gasteiger partial charge >= 0.3 is 0 Å². The molecule has 1 aromatic rings. The van der Waals surface area contributed by atoms with Crippen LogP contribution in [0.4, 0.5) is 0 Å². The minimum atomic E-state index is 0.346. The highest BCUT2D eigenvalue weighted by Gasteiger charge is 2.19. The summed E-state index contributed by atoms with van der Waals surface area (Å²) in [6.45, 7) is 5.89. The van der Waals surface area contributed by atoms with Gasteiger partial charge in [0.25, 0.3) is 0 Å². The predicted octanol–water partition coefficient (Wildman–Crippen LogP) is 3.43. The van der Waals surface area contributed by atoms with E-state index in [1.165, 1.54) is 24.4 Å². The van der Waals surface area contributed by atoms with Gasteiger partial charge in [0.2, 0.25) is 0 Å². The van der Waals surface area contributed by atoms with Gasteiger partial charge in [0.15, 0.2) is 0 Å². The van der Waals surface area contributed by atoms with Crippen molar-refractivity contribution in [3.63, 3.8) is 0 Å². The molecule has 0 spiro atoms. The second-order valence-electron chi connectivity index (χ2n) is 5.13. The molecule has 2 unspecified atom stereocenters. The molecule has 0 amide bonds. The van der Waals surface area contributed by atoms with Gasteiger partial charge in [-0.2, -0.15) is 11.8 Å². The minimum absolute atomic E-state index is 0.346. The molecule has 1 aromatic carbocycles. The summed E-state index contributed by atoms with van der Waals surface area (Å²) in [6.07, 6.45) is 1.11. The van der Waals surface area contributed by atoms with Crippen LogP contribution in [0.1, 0.15) is 24.9 Å². The minimum Gasteiger partial charge on any atom is -0.313 e. The number of rotatable bonds is 5. The molecule has 2 atom stereocenters. The topological polar surface area (TPSA) is 15.3 Å². The van der Waals surface area contributed by atoms with E-state index in [1.54, 1.807) is 0 Å². The van der Waals surface area contributed by atoms with E-state index in [1.807, 2.05) is 19.2 Å². The molecular formula is C15H23ClN2S. The quantitative estimate of drug-likeness (QED) is 0.896. The van der Waals surface area contributed by atoms with Gasteiger partial charge in [-0.15, -0.1) is 0 Å². The number of thioether (sulfide) groups is 1. The van der Waals surface area contributed by atoms with Gasteiger partial charge in [-0.05, 0) is 25.1 Å². The highest BCUT2D eigenvalue weighted by atomic mass is 35.5. The van der Waals surface area contributed by atoms with Crippen molar-refractivity contribution in [3.8, 4) is 0 Å². The maximum atomic E-state index is 6.29. The molecule has 1 aliphatic heterocycles. The lowest BCUT2D eigenvalue weighted by molar-refractivity contribution is 0.269. The van der Waals surface area contributed by atoms with Crippen LogP contribution in [0.2, 0.25) is 5.02 Å². The first-order valence-electron chi connectivity index (χ1n) is 6.96. The van der Waals surface area contributed by atoms with Crippen LogP contribution in [0.15, 0.2) is 24.3 Å². The Bertz CT molecular complexity index is 399. The van der Waals surface area contributed by atoms with Gasteiger partial charge in [-0.1, -0.05) is 36.7 Å². The van der Waals surface area contributed by atoms with E-state index >= 15 is 0 Å². The molecule has 0 aromatic heterocycles. The van der Waals surface area contributed by atoms with Crippen LogP contribution in [-0.2, 0) is 0 Å². The Balaban J connectivity index is 1.91. The Labute approximate surface area is 125 Å². The van der Waals surface area contributed by atoms with Gasteiger partial charge in [0, 0.05) is 41.7 Å². The molecule has 0 aliphatic carbocycles. The third-order valence-corrected chi connectivity index (χ3v) is 5.17. The fraction of sp³-hybridized carbons (Fsp3) is 0.600. The lowest BCUT2D eigenvalue weighted by Gasteiger charge is -2.31. The van der Waals surface area contributed by atoms with Crippen molar-refractivity contribution < 1.29 is 0 Å². The predicted molar refractivity (Wildman–Crippen MR) is 86.2 cm³/mol. The van der Waals surface area contributed by atoms with E-state index in [9.17, 15) is 0 Å². The monoisotopic (exact) mass is 298 g/mol. The first kappa shape index (κ1) is 15.2. The number of hydrogen-bond donors (Lipinski definition) is 1. The first-order valence-corrected chi connectivity index (χ1v) is 8.39. The van der Waals surface area contributed by atoms with Crippen molar-refractivity contribution in [2.24, 2.45) is 0 Å². The molecular weight excluding hydrogens is 276 g/mol. The molecule has 2 rings (SSSR count). The largest absolute Gasteiger partial charge is 0.313 e. The van der Waals surface area contributed by atoms with E-state index in [0.717, 1.165) is 23.2 Å². The summed E-state index contributed by atoms with van der Waals surface area (Å²) < 4.78 is 0. The zero-order valence-electron chi connectivity index (χ0n) is 11.7. The average Bonchev–Trinajstić information content (AvgIpc) is 2.41. The Kier molecular flexibility index (Phi) is 6.02. The number of benzene rings is 1. The van der Waals surface area contributed by atoms with Gasteiger partial charge in [0.1, 0.15) is 0 Å². The van der Waals surface area contributed by atoms with Gasteiger partial charge in [0.05, 0.1) is 0 Å². The van der Waals surface area contributed by atoms with E-state index in [2.05, 4.69) is 41.0 Å². The lowest BCUT2D eigenvalue weighted by atomic mass is 10.0. The van der Waals surface area contributed by atoms with Crippen LogP contribution >= 0.6 is 23.4 Å². The number of hydrogen-bond acceptors (Lipinski definition) is 3. The Morgan fingerprint density at radius 1 is 1.47 bits per heavy atom. The van der Waals surface area contributed by atoms with E-state index in [0.29, 0.717) is 6.04 Å². The maximum Gasteiger partial charge on any atom is 0.0453 e. The summed E-state index contributed by atoms with van der Waals surface area (Å²) in [5.41, 5.74) is 1.21. The Morgan fingerprint density at radius 3 is 2.95 bits per heavy atom. The number of nitrogens with one attached hydrogen (secondary N) is 1. The van der Waals surface area contributed by atoms with Crippen LogP contribution in [0.3, 0.4) is 0 Å². The van der Waals surface area contributed by atoms with Crippen molar-refractivity contribution in [1.82, 2.24) is 10.2 Å². The number of halogens is 1.